The second-order valence-electron chi connectivity index (χ2n) is 3.60. The number of aryl methyl sites for hydroxylation is 1. The predicted molar refractivity (Wildman–Crippen MR) is 55.6 cm³/mol. The molecule has 0 radical (unpaired) electrons. The average molecular weight is 178 g/mol. The smallest absolute Gasteiger partial charge is 0.0590 e. The lowest BCUT2D eigenvalue weighted by molar-refractivity contribution is 0.694. The monoisotopic (exact) mass is 178 g/mol. The predicted octanol–water partition coefficient (Wildman–Crippen LogP) is 2.66. The molecule has 0 fully saturated rings. The Balaban J connectivity index is 2.45. The van der Waals surface area contributed by atoms with Gasteiger partial charge in [-0.15, -0.1) is 0 Å². The Morgan fingerprint density at radius 2 is 2.31 bits per heavy atom. The summed E-state index contributed by atoms with van der Waals surface area (Å²) in [6, 6.07) is 0. The molecule has 0 amide bonds. The van der Waals surface area contributed by atoms with Crippen molar-refractivity contribution in [3.63, 3.8) is 0 Å². The summed E-state index contributed by atoms with van der Waals surface area (Å²) < 4.78 is 1.97. The Bertz CT molecular complexity index is 271. The molecule has 1 rings (SSSR count). The number of hydrogen-bond acceptors (Lipinski definition) is 1. The molecule has 2 heteroatoms. The molecule has 1 aromatic heterocycles. The number of hydrogen-bond donors (Lipinski definition) is 0. The first-order valence-electron chi connectivity index (χ1n) is 4.90. The molecule has 0 unspecified atom stereocenters. The van der Waals surface area contributed by atoms with E-state index < -0.39 is 0 Å². The van der Waals surface area contributed by atoms with E-state index in [2.05, 4.69) is 44.2 Å². The molecule has 13 heavy (non-hydrogen) atoms. The molecule has 0 aliphatic heterocycles. The fourth-order valence-corrected chi connectivity index (χ4v) is 1.13. The maximum Gasteiger partial charge on any atom is 0.0590 e. The highest BCUT2D eigenvalue weighted by Crippen LogP contribution is 1.99. The summed E-state index contributed by atoms with van der Waals surface area (Å²) in [5.74, 6) is 0.626. The van der Waals surface area contributed by atoms with Crippen LogP contribution in [-0.2, 0) is 13.0 Å². The number of rotatable bonds is 4. The van der Waals surface area contributed by atoms with E-state index in [0.717, 1.165) is 13.0 Å². The molecule has 1 aromatic rings. The SMILES string of the molecule is CCc1cnn(C/C=C/C(C)C)c1. The van der Waals surface area contributed by atoms with Gasteiger partial charge in [0.15, 0.2) is 0 Å². The van der Waals surface area contributed by atoms with Crippen molar-refractivity contribution < 1.29 is 0 Å². The molecular formula is C11H18N2. The Labute approximate surface area is 80.3 Å². The summed E-state index contributed by atoms with van der Waals surface area (Å²) in [6.07, 6.45) is 9.46. The van der Waals surface area contributed by atoms with E-state index >= 15 is 0 Å². The van der Waals surface area contributed by atoms with Crippen LogP contribution in [0.1, 0.15) is 26.3 Å². The first kappa shape index (κ1) is 10.0. The van der Waals surface area contributed by atoms with E-state index in [9.17, 15) is 0 Å². The van der Waals surface area contributed by atoms with Crippen LogP contribution in [0.5, 0.6) is 0 Å². The van der Waals surface area contributed by atoms with Gasteiger partial charge in [0.25, 0.3) is 0 Å². The highest BCUT2D eigenvalue weighted by Gasteiger charge is 1.93. The normalized spacial score (nSPS) is 11.7. The Hall–Kier alpha value is -1.05. The first-order valence-corrected chi connectivity index (χ1v) is 4.90. The average Bonchev–Trinajstić information content (AvgIpc) is 2.52. The molecule has 0 N–H and O–H groups in total. The lowest BCUT2D eigenvalue weighted by Gasteiger charge is -1.96. The molecule has 0 saturated carbocycles. The number of aromatic nitrogens is 2. The van der Waals surface area contributed by atoms with Crippen molar-refractivity contribution in [1.29, 1.82) is 0 Å². The van der Waals surface area contributed by atoms with Crippen LogP contribution in [0.25, 0.3) is 0 Å². The summed E-state index contributed by atoms with van der Waals surface area (Å²) >= 11 is 0. The number of nitrogens with zero attached hydrogens (tertiary/aromatic N) is 2. The van der Waals surface area contributed by atoms with E-state index in [4.69, 9.17) is 0 Å². The molecule has 0 aliphatic rings. The van der Waals surface area contributed by atoms with Gasteiger partial charge in [0, 0.05) is 6.20 Å². The largest absolute Gasteiger partial charge is 0.269 e. The minimum Gasteiger partial charge on any atom is -0.269 e. The van der Waals surface area contributed by atoms with E-state index in [0.29, 0.717) is 5.92 Å². The van der Waals surface area contributed by atoms with E-state index in [1.54, 1.807) is 0 Å². The van der Waals surface area contributed by atoms with Crippen LogP contribution >= 0.6 is 0 Å². The zero-order chi connectivity index (χ0) is 9.68. The van der Waals surface area contributed by atoms with Crippen LogP contribution in [0.2, 0.25) is 0 Å². The molecule has 0 spiro atoms. The lowest BCUT2D eigenvalue weighted by atomic mass is 10.2. The molecule has 0 saturated heterocycles. The highest BCUT2D eigenvalue weighted by atomic mass is 15.3. The van der Waals surface area contributed by atoms with Crippen molar-refractivity contribution in [1.82, 2.24) is 9.78 Å². The van der Waals surface area contributed by atoms with Crippen LogP contribution in [0, 0.1) is 5.92 Å². The van der Waals surface area contributed by atoms with Crippen molar-refractivity contribution in [2.24, 2.45) is 5.92 Å². The van der Waals surface area contributed by atoms with Gasteiger partial charge in [0.2, 0.25) is 0 Å². The van der Waals surface area contributed by atoms with Gasteiger partial charge in [0.1, 0.15) is 0 Å². The van der Waals surface area contributed by atoms with Crippen molar-refractivity contribution in [2.45, 2.75) is 33.7 Å². The fraction of sp³-hybridized carbons (Fsp3) is 0.545. The quantitative estimate of drug-likeness (QED) is 0.648. The van der Waals surface area contributed by atoms with Gasteiger partial charge >= 0.3 is 0 Å². The van der Waals surface area contributed by atoms with Crippen LogP contribution in [0.3, 0.4) is 0 Å². The Morgan fingerprint density at radius 1 is 1.54 bits per heavy atom. The molecule has 2 nitrogen and oxygen atoms in total. The van der Waals surface area contributed by atoms with Crippen LogP contribution < -0.4 is 0 Å². The zero-order valence-corrected chi connectivity index (χ0v) is 8.70. The maximum atomic E-state index is 4.25. The lowest BCUT2D eigenvalue weighted by Crippen LogP contribution is -1.95. The molecule has 72 valence electrons. The van der Waals surface area contributed by atoms with Gasteiger partial charge in [-0.2, -0.15) is 5.10 Å². The van der Waals surface area contributed by atoms with E-state index in [1.165, 1.54) is 5.56 Å². The van der Waals surface area contributed by atoms with Crippen molar-refractivity contribution in [3.8, 4) is 0 Å². The van der Waals surface area contributed by atoms with Crippen LogP contribution in [0.4, 0.5) is 0 Å². The first-order chi connectivity index (χ1) is 6.22. The van der Waals surface area contributed by atoms with Gasteiger partial charge in [-0.1, -0.05) is 32.9 Å². The van der Waals surface area contributed by atoms with Gasteiger partial charge in [-0.05, 0) is 17.9 Å². The van der Waals surface area contributed by atoms with Crippen LogP contribution in [0.15, 0.2) is 24.5 Å². The van der Waals surface area contributed by atoms with Gasteiger partial charge in [0.05, 0.1) is 12.7 Å². The molecular weight excluding hydrogens is 160 g/mol. The Kier molecular flexibility index (Phi) is 3.74. The van der Waals surface area contributed by atoms with Gasteiger partial charge in [-0.25, -0.2) is 0 Å². The number of allylic oxidation sites excluding steroid dienone is 2. The van der Waals surface area contributed by atoms with Crippen molar-refractivity contribution in [3.05, 3.63) is 30.1 Å². The van der Waals surface area contributed by atoms with Gasteiger partial charge < -0.3 is 0 Å². The maximum absolute atomic E-state index is 4.25. The standard InChI is InChI=1S/C11H18N2/c1-4-11-8-12-13(9-11)7-5-6-10(2)3/h5-6,8-10H,4,7H2,1-3H3/b6-5+. The van der Waals surface area contributed by atoms with E-state index in [-0.39, 0.29) is 0 Å². The fourth-order valence-electron chi connectivity index (χ4n) is 1.13. The minimum atomic E-state index is 0.626. The molecule has 1 heterocycles. The van der Waals surface area contributed by atoms with Gasteiger partial charge in [-0.3, -0.25) is 4.68 Å². The third-order valence-corrected chi connectivity index (χ3v) is 1.91. The molecule has 0 atom stereocenters. The van der Waals surface area contributed by atoms with E-state index in [1.807, 2.05) is 10.9 Å². The summed E-state index contributed by atoms with van der Waals surface area (Å²) in [5, 5.41) is 4.25. The van der Waals surface area contributed by atoms with Crippen molar-refractivity contribution in [2.75, 3.05) is 0 Å². The Morgan fingerprint density at radius 3 is 2.85 bits per heavy atom. The summed E-state index contributed by atoms with van der Waals surface area (Å²) in [6.45, 7) is 7.39. The van der Waals surface area contributed by atoms with Crippen molar-refractivity contribution >= 4 is 0 Å². The highest BCUT2D eigenvalue weighted by molar-refractivity contribution is 5.03. The summed E-state index contributed by atoms with van der Waals surface area (Å²) in [7, 11) is 0. The third kappa shape index (κ3) is 3.45. The topological polar surface area (TPSA) is 17.8 Å². The summed E-state index contributed by atoms with van der Waals surface area (Å²) in [4.78, 5) is 0. The summed E-state index contributed by atoms with van der Waals surface area (Å²) in [5.41, 5.74) is 1.30. The second kappa shape index (κ2) is 4.85. The molecule has 0 aliphatic carbocycles. The zero-order valence-electron chi connectivity index (χ0n) is 8.70. The third-order valence-electron chi connectivity index (χ3n) is 1.91. The second-order valence-corrected chi connectivity index (χ2v) is 3.60. The molecule has 0 aromatic carbocycles. The minimum absolute atomic E-state index is 0.626. The molecule has 0 bridgehead atoms. The van der Waals surface area contributed by atoms with Crippen LogP contribution in [-0.4, -0.2) is 9.78 Å².